The minimum Gasteiger partial charge on any atom is -0.395 e. The lowest BCUT2D eigenvalue weighted by Gasteiger charge is -2.36. The highest BCUT2D eigenvalue weighted by Crippen LogP contribution is 2.13. The molecule has 1 fully saturated rings. The van der Waals surface area contributed by atoms with Gasteiger partial charge in [-0.1, -0.05) is 13.8 Å². The van der Waals surface area contributed by atoms with Crippen LogP contribution in [0, 0.1) is 5.92 Å². The maximum absolute atomic E-state index is 12.1. The van der Waals surface area contributed by atoms with Crippen molar-refractivity contribution in [2.45, 2.75) is 26.7 Å². The molecule has 1 aliphatic rings. The van der Waals surface area contributed by atoms with Gasteiger partial charge in [-0.15, -0.1) is 0 Å². The highest BCUT2D eigenvalue weighted by Gasteiger charge is 2.24. The van der Waals surface area contributed by atoms with Crippen molar-refractivity contribution in [3.63, 3.8) is 0 Å². The van der Waals surface area contributed by atoms with Crippen LogP contribution in [-0.2, 0) is 4.79 Å². The first-order valence-corrected chi connectivity index (χ1v) is 6.34. The third-order valence-corrected chi connectivity index (χ3v) is 3.44. The molecular weight excluding hydrogens is 204 g/mol. The fourth-order valence-corrected chi connectivity index (χ4v) is 2.23. The van der Waals surface area contributed by atoms with E-state index in [2.05, 4.69) is 18.7 Å². The van der Waals surface area contributed by atoms with Crippen molar-refractivity contribution in [2.24, 2.45) is 5.92 Å². The summed E-state index contributed by atoms with van der Waals surface area (Å²) in [5.41, 5.74) is 0. The number of nitrogens with zero attached hydrogens (tertiary/aromatic N) is 2. The molecule has 1 saturated heterocycles. The summed E-state index contributed by atoms with van der Waals surface area (Å²) in [7, 11) is 0. The smallest absolute Gasteiger partial charge is 0.225 e. The third kappa shape index (κ3) is 3.46. The molecule has 0 aromatic rings. The number of amides is 1. The predicted octanol–water partition coefficient (Wildman–Crippen LogP) is 0.559. The Morgan fingerprint density at radius 3 is 2.19 bits per heavy atom. The normalized spacial score (nSPS) is 18.1. The maximum atomic E-state index is 12.1. The van der Waals surface area contributed by atoms with Gasteiger partial charge >= 0.3 is 0 Å². The van der Waals surface area contributed by atoms with Crippen LogP contribution in [0.1, 0.15) is 26.7 Å². The molecule has 0 atom stereocenters. The van der Waals surface area contributed by atoms with Gasteiger partial charge in [-0.3, -0.25) is 9.69 Å². The first-order chi connectivity index (χ1) is 7.72. The van der Waals surface area contributed by atoms with E-state index in [1.807, 2.05) is 4.90 Å². The first-order valence-electron chi connectivity index (χ1n) is 6.34. The maximum Gasteiger partial charge on any atom is 0.225 e. The Hall–Kier alpha value is -0.610. The number of piperazine rings is 1. The van der Waals surface area contributed by atoms with Crippen LogP contribution >= 0.6 is 0 Å². The number of hydrogen-bond acceptors (Lipinski definition) is 3. The van der Waals surface area contributed by atoms with E-state index in [4.69, 9.17) is 5.11 Å². The molecule has 0 spiro atoms. The van der Waals surface area contributed by atoms with E-state index in [1.165, 1.54) is 0 Å². The summed E-state index contributed by atoms with van der Waals surface area (Å²) >= 11 is 0. The molecule has 4 heteroatoms. The summed E-state index contributed by atoms with van der Waals surface area (Å²) in [6.07, 6.45) is 1.87. The summed E-state index contributed by atoms with van der Waals surface area (Å²) in [6.45, 7) is 8.51. The van der Waals surface area contributed by atoms with Gasteiger partial charge in [-0.2, -0.15) is 0 Å². The number of rotatable bonds is 5. The molecule has 1 aliphatic heterocycles. The molecule has 16 heavy (non-hydrogen) atoms. The number of hydrogen-bond donors (Lipinski definition) is 1. The molecule has 1 amide bonds. The second kappa shape index (κ2) is 6.86. The number of aliphatic hydroxyl groups excluding tert-OH is 1. The molecule has 0 aromatic carbocycles. The monoisotopic (exact) mass is 228 g/mol. The van der Waals surface area contributed by atoms with Gasteiger partial charge in [-0.25, -0.2) is 0 Å². The summed E-state index contributed by atoms with van der Waals surface area (Å²) in [5.74, 6) is 0.512. The molecule has 0 unspecified atom stereocenters. The van der Waals surface area contributed by atoms with Gasteiger partial charge in [0.25, 0.3) is 0 Å². The number of β-amino-alcohol motifs (C(OH)–C–C–N with tert-alkyl or cyclic N) is 1. The number of carbonyl (C=O) groups is 1. The molecular formula is C12H24N2O2. The molecule has 0 bridgehead atoms. The van der Waals surface area contributed by atoms with E-state index < -0.39 is 0 Å². The number of carbonyl (C=O) groups excluding carboxylic acids is 1. The largest absolute Gasteiger partial charge is 0.395 e. The van der Waals surface area contributed by atoms with Crippen LogP contribution in [0.15, 0.2) is 0 Å². The highest BCUT2D eigenvalue weighted by molar-refractivity contribution is 5.78. The van der Waals surface area contributed by atoms with Gasteiger partial charge in [0.1, 0.15) is 0 Å². The molecule has 1 heterocycles. The number of aliphatic hydroxyl groups is 1. The summed E-state index contributed by atoms with van der Waals surface area (Å²) < 4.78 is 0. The minimum absolute atomic E-state index is 0.199. The van der Waals surface area contributed by atoms with E-state index in [9.17, 15) is 4.79 Å². The second-order valence-corrected chi connectivity index (χ2v) is 4.40. The van der Waals surface area contributed by atoms with Gasteiger partial charge in [0.2, 0.25) is 5.91 Å². The van der Waals surface area contributed by atoms with Gasteiger partial charge in [0.05, 0.1) is 6.61 Å². The Bertz CT molecular complexity index is 209. The molecule has 0 aliphatic carbocycles. The minimum atomic E-state index is 0.199. The van der Waals surface area contributed by atoms with Crippen LogP contribution in [-0.4, -0.2) is 60.1 Å². The molecule has 94 valence electrons. The van der Waals surface area contributed by atoms with Crippen molar-refractivity contribution >= 4 is 5.91 Å². The Labute approximate surface area is 98.2 Å². The van der Waals surface area contributed by atoms with Crippen LogP contribution in [0.3, 0.4) is 0 Å². The first kappa shape index (κ1) is 13.5. The Morgan fingerprint density at radius 2 is 1.75 bits per heavy atom. The average molecular weight is 228 g/mol. The SMILES string of the molecule is CCC(CC)C(=O)N1CCN(CCO)CC1. The zero-order valence-corrected chi connectivity index (χ0v) is 10.5. The van der Waals surface area contributed by atoms with E-state index in [0.29, 0.717) is 5.91 Å². The van der Waals surface area contributed by atoms with Crippen molar-refractivity contribution in [1.29, 1.82) is 0 Å². The molecule has 1 N–H and O–H groups in total. The van der Waals surface area contributed by atoms with Crippen molar-refractivity contribution < 1.29 is 9.90 Å². The Balaban J connectivity index is 2.38. The molecule has 0 saturated carbocycles. The molecule has 0 aromatic heterocycles. The molecule has 4 nitrogen and oxygen atoms in total. The van der Waals surface area contributed by atoms with Crippen molar-refractivity contribution in [1.82, 2.24) is 9.80 Å². The Kier molecular flexibility index (Phi) is 5.77. The van der Waals surface area contributed by atoms with E-state index in [-0.39, 0.29) is 12.5 Å². The zero-order chi connectivity index (χ0) is 12.0. The van der Waals surface area contributed by atoms with Crippen LogP contribution in [0.25, 0.3) is 0 Å². The topological polar surface area (TPSA) is 43.8 Å². The second-order valence-electron chi connectivity index (χ2n) is 4.40. The average Bonchev–Trinajstić information content (AvgIpc) is 2.32. The lowest BCUT2D eigenvalue weighted by atomic mass is 10.0. The van der Waals surface area contributed by atoms with Gasteiger partial charge in [0, 0.05) is 38.6 Å². The quantitative estimate of drug-likeness (QED) is 0.748. The van der Waals surface area contributed by atoms with Gasteiger partial charge in [0.15, 0.2) is 0 Å². The van der Waals surface area contributed by atoms with Crippen molar-refractivity contribution in [2.75, 3.05) is 39.3 Å². The fourth-order valence-electron chi connectivity index (χ4n) is 2.23. The van der Waals surface area contributed by atoms with Gasteiger partial charge in [-0.05, 0) is 12.8 Å². The van der Waals surface area contributed by atoms with Crippen LogP contribution in [0.4, 0.5) is 0 Å². The van der Waals surface area contributed by atoms with Gasteiger partial charge < -0.3 is 10.0 Å². The highest BCUT2D eigenvalue weighted by atomic mass is 16.3. The van der Waals surface area contributed by atoms with E-state index in [0.717, 1.165) is 45.6 Å². The standard InChI is InChI=1S/C12H24N2O2/c1-3-11(4-2)12(16)14-7-5-13(6-8-14)9-10-15/h11,15H,3-10H2,1-2H3. The summed E-state index contributed by atoms with van der Waals surface area (Å²) in [4.78, 5) is 16.3. The van der Waals surface area contributed by atoms with Crippen molar-refractivity contribution in [3.05, 3.63) is 0 Å². The van der Waals surface area contributed by atoms with Crippen LogP contribution in [0.2, 0.25) is 0 Å². The lowest BCUT2D eigenvalue weighted by Crippen LogP contribution is -2.50. The van der Waals surface area contributed by atoms with Crippen molar-refractivity contribution in [3.8, 4) is 0 Å². The van der Waals surface area contributed by atoms with Crippen LogP contribution in [0.5, 0.6) is 0 Å². The zero-order valence-electron chi connectivity index (χ0n) is 10.5. The Morgan fingerprint density at radius 1 is 1.19 bits per heavy atom. The fraction of sp³-hybridized carbons (Fsp3) is 0.917. The van der Waals surface area contributed by atoms with Crippen LogP contribution < -0.4 is 0 Å². The summed E-state index contributed by atoms with van der Waals surface area (Å²) in [6, 6.07) is 0. The molecule has 0 radical (unpaired) electrons. The predicted molar refractivity (Wildman–Crippen MR) is 64.2 cm³/mol. The summed E-state index contributed by atoms with van der Waals surface area (Å²) in [5, 5.41) is 8.84. The molecule has 1 rings (SSSR count). The van der Waals surface area contributed by atoms with E-state index >= 15 is 0 Å². The lowest BCUT2D eigenvalue weighted by molar-refractivity contribution is -0.137. The van der Waals surface area contributed by atoms with E-state index in [1.54, 1.807) is 0 Å². The third-order valence-electron chi connectivity index (χ3n) is 3.44.